The molecule has 234 valence electrons. The van der Waals surface area contributed by atoms with Gasteiger partial charge in [0, 0.05) is 31.0 Å². The SMILES string of the molecule is CC1OC(COCC2C(O)C(CO)CC(CO)C2COCC2OC(C(=O)O)C(CO)C(O)C2O)C(O)C(O)C1O. The summed E-state index contributed by atoms with van der Waals surface area (Å²) in [4.78, 5) is 11.5. The Hall–Kier alpha value is -1.05. The molecule has 3 fully saturated rings. The van der Waals surface area contributed by atoms with Crippen LogP contribution in [-0.4, -0.2) is 164 Å². The molecule has 15 unspecified atom stereocenters. The van der Waals surface area contributed by atoms with Gasteiger partial charge in [0.15, 0.2) is 6.10 Å². The highest BCUT2D eigenvalue weighted by molar-refractivity contribution is 5.73. The Morgan fingerprint density at radius 3 is 1.75 bits per heavy atom. The van der Waals surface area contributed by atoms with E-state index in [9.17, 15) is 55.9 Å². The van der Waals surface area contributed by atoms with Crippen molar-refractivity contribution in [3.63, 3.8) is 0 Å². The smallest absolute Gasteiger partial charge is 0.333 e. The van der Waals surface area contributed by atoms with E-state index < -0.39 is 103 Å². The molecule has 0 bridgehead atoms. The molecule has 1 saturated carbocycles. The highest BCUT2D eigenvalue weighted by Crippen LogP contribution is 2.39. The molecular formula is C25H44O15. The lowest BCUT2D eigenvalue weighted by Crippen LogP contribution is -2.59. The summed E-state index contributed by atoms with van der Waals surface area (Å²) in [6.45, 7) is -0.487. The summed E-state index contributed by atoms with van der Waals surface area (Å²) in [6.07, 6.45) is -12.5. The zero-order valence-electron chi connectivity index (χ0n) is 22.3. The maximum atomic E-state index is 11.5. The van der Waals surface area contributed by atoms with Crippen LogP contribution in [0.4, 0.5) is 0 Å². The number of aliphatic hydroxyl groups excluding tert-OH is 9. The maximum absolute atomic E-state index is 11.5. The second kappa shape index (κ2) is 14.9. The quantitative estimate of drug-likeness (QED) is 0.103. The van der Waals surface area contributed by atoms with Crippen LogP contribution in [0.5, 0.6) is 0 Å². The molecule has 0 radical (unpaired) electrons. The first-order chi connectivity index (χ1) is 19.0. The highest BCUT2D eigenvalue weighted by Gasteiger charge is 2.48. The van der Waals surface area contributed by atoms with E-state index in [1.165, 1.54) is 6.92 Å². The van der Waals surface area contributed by atoms with Crippen molar-refractivity contribution >= 4 is 5.97 Å². The van der Waals surface area contributed by atoms with Crippen LogP contribution in [0.1, 0.15) is 13.3 Å². The lowest BCUT2D eigenvalue weighted by atomic mass is 9.67. The van der Waals surface area contributed by atoms with Gasteiger partial charge in [-0.05, 0) is 25.2 Å². The number of carbonyl (C=O) groups is 1. The Morgan fingerprint density at radius 2 is 1.20 bits per heavy atom. The summed E-state index contributed by atoms with van der Waals surface area (Å²) in [7, 11) is 0. The minimum atomic E-state index is -1.57. The van der Waals surface area contributed by atoms with E-state index in [-0.39, 0.29) is 46.1 Å². The van der Waals surface area contributed by atoms with E-state index >= 15 is 0 Å². The second-order valence-electron chi connectivity index (χ2n) is 11.1. The van der Waals surface area contributed by atoms with Crippen molar-refractivity contribution in [1.82, 2.24) is 0 Å². The molecule has 0 amide bonds. The third-order valence-corrected chi connectivity index (χ3v) is 8.62. The number of hydrogen-bond donors (Lipinski definition) is 10. The van der Waals surface area contributed by atoms with Crippen LogP contribution in [0.25, 0.3) is 0 Å². The van der Waals surface area contributed by atoms with Crippen molar-refractivity contribution in [2.45, 2.75) is 74.4 Å². The first-order valence-corrected chi connectivity index (χ1v) is 13.6. The fourth-order valence-corrected chi connectivity index (χ4v) is 6.05. The number of carboxylic acids is 1. The first kappa shape index (κ1) is 33.5. The zero-order chi connectivity index (χ0) is 29.7. The molecule has 40 heavy (non-hydrogen) atoms. The summed E-state index contributed by atoms with van der Waals surface area (Å²) in [5.74, 6) is -4.80. The Bertz CT molecular complexity index is 787. The molecular weight excluding hydrogens is 540 g/mol. The van der Waals surface area contributed by atoms with E-state index in [2.05, 4.69) is 0 Å². The third-order valence-electron chi connectivity index (χ3n) is 8.62. The van der Waals surface area contributed by atoms with Gasteiger partial charge in [0.05, 0.1) is 51.3 Å². The molecule has 2 heterocycles. The Kier molecular flexibility index (Phi) is 12.5. The molecule has 10 N–H and O–H groups in total. The third kappa shape index (κ3) is 7.29. The number of rotatable bonds is 12. The van der Waals surface area contributed by atoms with Gasteiger partial charge in [-0.2, -0.15) is 0 Å². The normalized spacial score (nSPS) is 46.3. The summed E-state index contributed by atoms with van der Waals surface area (Å²) < 4.78 is 22.4. The second-order valence-corrected chi connectivity index (χ2v) is 11.1. The van der Waals surface area contributed by atoms with Crippen LogP contribution in [0.15, 0.2) is 0 Å². The van der Waals surface area contributed by atoms with Gasteiger partial charge >= 0.3 is 5.97 Å². The summed E-state index contributed by atoms with van der Waals surface area (Å²) in [5, 5.41) is 100. The van der Waals surface area contributed by atoms with E-state index in [1.54, 1.807) is 0 Å². The number of carboxylic acid groups (broad SMARTS) is 1. The van der Waals surface area contributed by atoms with Gasteiger partial charge in [0.2, 0.25) is 0 Å². The lowest BCUT2D eigenvalue weighted by Gasteiger charge is -2.45. The summed E-state index contributed by atoms with van der Waals surface area (Å²) in [5.41, 5.74) is 0. The summed E-state index contributed by atoms with van der Waals surface area (Å²) in [6, 6.07) is 0. The van der Waals surface area contributed by atoms with Crippen molar-refractivity contribution in [3.8, 4) is 0 Å². The molecule has 0 aromatic rings. The number of aliphatic carboxylic acids is 1. The number of aliphatic hydroxyl groups is 9. The molecule has 3 aliphatic rings. The molecule has 15 heteroatoms. The van der Waals surface area contributed by atoms with Crippen molar-refractivity contribution in [1.29, 1.82) is 0 Å². The van der Waals surface area contributed by atoms with Gasteiger partial charge in [-0.3, -0.25) is 0 Å². The molecule has 1 aliphatic carbocycles. The number of hydrogen-bond acceptors (Lipinski definition) is 14. The molecule has 3 rings (SSSR count). The molecule has 0 aromatic heterocycles. The van der Waals surface area contributed by atoms with Crippen molar-refractivity contribution in [2.24, 2.45) is 29.6 Å². The Balaban J connectivity index is 1.64. The monoisotopic (exact) mass is 584 g/mol. The van der Waals surface area contributed by atoms with Crippen LogP contribution < -0.4 is 0 Å². The zero-order valence-corrected chi connectivity index (χ0v) is 22.3. The topological polar surface area (TPSA) is 256 Å². The molecule has 2 aliphatic heterocycles. The van der Waals surface area contributed by atoms with Gasteiger partial charge in [-0.15, -0.1) is 0 Å². The van der Waals surface area contributed by atoms with Gasteiger partial charge in [-0.1, -0.05) is 0 Å². The average Bonchev–Trinajstić information content (AvgIpc) is 2.93. The van der Waals surface area contributed by atoms with Crippen molar-refractivity contribution < 1.29 is 74.8 Å². The predicted octanol–water partition coefficient (Wildman–Crippen LogP) is -4.71. The van der Waals surface area contributed by atoms with Crippen LogP contribution in [0.3, 0.4) is 0 Å². The molecule has 15 atom stereocenters. The predicted molar refractivity (Wildman–Crippen MR) is 132 cm³/mol. The van der Waals surface area contributed by atoms with Gasteiger partial charge in [0.1, 0.15) is 36.6 Å². The van der Waals surface area contributed by atoms with E-state index in [1.807, 2.05) is 0 Å². The van der Waals surface area contributed by atoms with Gasteiger partial charge in [-0.25, -0.2) is 4.79 Å². The van der Waals surface area contributed by atoms with Gasteiger partial charge in [0.25, 0.3) is 0 Å². The molecule has 15 nitrogen and oxygen atoms in total. The molecule has 0 aromatic carbocycles. The van der Waals surface area contributed by atoms with E-state index in [4.69, 9.17) is 18.9 Å². The van der Waals surface area contributed by atoms with Gasteiger partial charge < -0.3 is 70.0 Å². The lowest BCUT2D eigenvalue weighted by molar-refractivity contribution is -0.232. The van der Waals surface area contributed by atoms with Crippen molar-refractivity contribution in [2.75, 3.05) is 46.2 Å². The maximum Gasteiger partial charge on any atom is 0.333 e. The number of ether oxygens (including phenoxy) is 4. The minimum Gasteiger partial charge on any atom is -0.479 e. The first-order valence-electron chi connectivity index (χ1n) is 13.6. The van der Waals surface area contributed by atoms with Crippen molar-refractivity contribution in [3.05, 3.63) is 0 Å². The van der Waals surface area contributed by atoms with E-state index in [0.717, 1.165) is 0 Å². The Morgan fingerprint density at radius 1 is 0.650 bits per heavy atom. The molecule has 0 spiro atoms. The molecule has 2 saturated heterocycles. The van der Waals surface area contributed by atoms with Crippen LogP contribution in [0.2, 0.25) is 0 Å². The average molecular weight is 585 g/mol. The fourth-order valence-electron chi connectivity index (χ4n) is 6.05. The summed E-state index contributed by atoms with van der Waals surface area (Å²) >= 11 is 0. The van der Waals surface area contributed by atoms with Crippen LogP contribution in [0, 0.1) is 29.6 Å². The highest BCUT2D eigenvalue weighted by atomic mass is 16.6. The fraction of sp³-hybridized carbons (Fsp3) is 0.960. The standard InChI is InChI=1S/C25H44O15/c1-10-18(29)23(34)22(33)16(39-10)8-38-7-15-14(11(3-26)2-12(4-27)19(15)30)6-37-9-17-21(32)20(31)13(5-28)24(40-17)25(35)36/h10-24,26-34H,2-9H2,1H3,(H,35,36). The van der Waals surface area contributed by atoms with Crippen LogP contribution in [-0.2, 0) is 23.7 Å². The Labute approximate surface area is 231 Å². The largest absolute Gasteiger partial charge is 0.479 e. The van der Waals surface area contributed by atoms with Crippen LogP contribution >= 0.6 is 0 Å². The van der Waals surface area contributed by atoms with E-state index in [0.29, 0.717) is 0 Å². The minimum absolute atomic E-state index is 0.0806.